The van der Waals surface area contributed by atoms with Gasteiger partial charge < -0.3 is 0 Å². The average Bonchev–Trinajstić information content (AvgIpc) is 3.15. The van der Waals surface area contributed by atoms with E-state index in [1.807, 2.05) is 88.4 Å². The molecule has 8 rings (SSSR count). The second-order valence-corrected chi connectivity index (χ2v) is 13.6. The Kier molecular flexibility index (Phi) is 8.24. The Hall–Kier alpha value is -6.16. The minimum atomic E-state index is -4.50. The molecule has 0 amide bonds. The molecule has 0 fully saturated rings. The highest BCUT2D eigenvalue weighted by Gasteiger charge is 2.31. The van der Waals surface area contributed by atoms with Gasteiger partial charge in [-0.15, -0.1) is 0 Å². The fourth-order valence-corrected chi connectivity index (χ4v) is 6.78. The summed E-state index contributed by atoms with van der Waals surface area (Å²) < 4.78 is 81.1. The van der Waals surface area contributed by atoms with Crippen LogP contribution in [0, 0.1) is 27.7 Å². The number of aromatic nitrogens is 4. The fourth-order valence-electron chi connectivity index (χ4n) is 6.78. The summed E-state index contributed by atoms with van der Waals surface area (Å²) in [5.74, 6) is 0. The number of rotatable bonds is 4. The van der Waals surface area contributed by atoms with Gasteiger partial charge in [0.05, 0.1) is 56.0 Å². The lowest BCUT2D eigenvalue weighted by Gasteiger charge is -2.17. The van der Waals surface area contributed by atoms with Gasteiger partial charge in [0.2, 0.25) is 0 Å². The van der Waals surface area contributed by atoms with Crippen molar-refractivity contribution in [2.45, 2.75) is 40.0 Å². The highest BCUT2D eigenvalue weighted by Crippen LogP contribution is 2.41. The van der Waals surface area contributed by atoms with E-state index in [-0.39, 0.29) is 0 Å². The number of halogens is 6. The maximum Gasteiger partial charge on any atom is 0.416 e. The number of benzene rings is 6. The molecular weight excluding hydrogens is 699 g/mol. The summed E-state index contributed by atoms with van der Waals surface area (Å²) in [4.78, 5) is 20.6. The van der Waals surface area contributed by atoms with E-state index in [9.17, 15) is 26.3 Å². The van der Waals surface area contributed by atoms with Crippen molar-refractivity contribution in [3.63, 3.8) is 0 Å². The van der Waals surface area contributed by atoms with Crippen LogP contribution in [0.15, 0.2) is 109 Å². The molecule has 0 saturated carbocycles. The second-order valence-electron chi connectivity index (χ2n) is 13.6. The molecule has 268 valence electrons. The lowest BCUT2D eigenvalue weighted by Crippen LogP contribution is -2.05. The van der Waals surface area contributed by atoms with Crippen molar-refractivity contribution in [2.75, 3.05) is 0 Å². The fraction of sp³-hybridized carbons (Fsp3) is 0.136. The molecule has 2 heterocycles. The van der Waals surface area contributed by atoms with Gasteiger partial charge in [0.25, 0.3) is 0 Å². The minimum absolute atomic E-state index is 0.425. The molecule has 0 aliphatic rings. The third kappa shape index (κ3) is 6.21. The topological polar surface area (TPSA) is 51.6 Å². The summed E-state index contributed by atoms with van der Waals surface area (Å²) in [6, 6.07) is 29.2. The van der Waals surface area contributed by atoms with Crippen LogP contribution >= 0.6 is 0 Å². The predicted octanol–water partition coefficient (Wildman–Crippen LogP) is 12.7. The number of aryl methyl sites for hydroxylation is 4. The van der Waals surface area contributed by atoms with Crippen molar-refractivity contribution in [3.8, 4) is 45.0 Å². The molecule has 0 saturated heterocycles. The van der Waals surface area contributed by atoms with E-state index >= 15 is 0 Å². The van der Waals surface area contributed by atoms with Crippen molar-refractivity contribution in [3.05, 3.63) is 143 Å². The third-order valence-electron chi connectivity index (χ3n) is 9.68. The Morgan fingerprint density at radius 3 is 0.889 bits per heavy atom. The first-order chi connectivity index (χ1) is 25.7. The number of fused-ring (bicyclic) bond motifs is 5. The molecule has 0 N–H and O–H groups in total. The van der Waals surface area contributed by atoms with Crippen molar-refractivity contribution in [2.24, 2.45) is 0 Å². The van der Waals surface area contributed by atoms with Gasteiger partial charge in [-0.05, 0) is 75.2 Å². The van der Waals surface area contributed by atoms with Crippen molar-refractivity contribution >= 4 is 32.8 Å². The zero-order valence-electron chi connectivity index (χ0n) is 29.4. The van der Waals surface area contributed by atoms with Crippen LogP contribution in [-0.4, -0.2) is 19.9 Å². The molecule has 8 aromatic rings. The van der Waals surface area contributed by atoms with Crippen LogP contribution in [0.2, 0.25) is 0 Å². The maximum absolute atomic E-state index is 13.6. The first-order valence-electron chi connectivity index (χ1n) is 17.1. The van der Waals surface area contributed by atoms with Crippen molar-refractivity contribution < 1.29 is 26.3 Å². The number of alkyl halides is 6. The molecular formula is C44H30F6N4. The van der Waals surface area contributed by atoms with Crippen LogP contribution in [0.3, 0.4) is 0 Å². The van der Waals surface area contributed by atoms with E-state index in [0.29, 0.717) is 56.0 Å². The third-order valence-corrected chi connectivity index (χ3v) is 9.68. The molecule has 0 unspecified atom stereocenters. The minimum Gasteiger partial charge on any atom is -0.244 e. The summed E-state index contributed by atoms with van der Waals surface area (Å²) >= 11 is 0. The molecule has 0 aliphatic heterocycles. The smallest absolute Gasteiger partial charge is 0.244 e. The van der Waals surface area contributed by atoms with Gasteiger partial charge in [0, 0.05) is 33.0 Å². The highest BCUT2D eigenvalue weighted by molar-refractivity contribution is 6.16. The molecule has 54 heavy (non-hydrogen) atoms. The summed E-state index contributed by atoms with van der Waals surface area (Å²) in [5, 5.41) is 1.46. The molecule has 0 bridgehead atoms. The Morgan fingerprint density at radius 1 is 0.352 bits per heavy atom. The number of nitrogens with zero attached hydrogens (tertiary/aromatic N) is 4. The average molecular weight is 729 g/mol. The van der Waals surface area contributed by atoms with E-state index in [4.69, 9.17) is 19.9 Å². The Labute approximate surface area is 306 Å². The normalized spacial score (nSPS) is 12.3. The van der Waals surface area contributed by atoms with Gasteiger partial charge in [0.15, 0.2) is 0 Å². The summed E-state index contributed by atoms with van der Waals surface area (Å²) in [6.45, 7) is 7.73. The predicted molar refractivity (Wildman–Crippen MR) is 201 cm³/mol. The lowest BCUT2D eigenvalue weighted by atomic mass is 9.96. The SMILES string of the molecule is Cc1ccc(-c2nc3c(C)cc4c(cc(C)c5nc(-c6ccc(C(F)(F)F)cc6)c(-c6ccc(C)cc6)nc54)c3nc2-c2ccc(C(F)(F)F)cc2)cc1. The van der Waals surface area contributed by atoms with Gasteiger partial charge in [-0.2, -0.15) is 26.3 Å². The molecule has 0 atom stereocenters. The summed E-state index contributed by atoms with van der Waals surface area (Å²) in [6.07, 6.45) is -8.98. The van der Waals surface area contributed by atoms with Crippen molar-refractivity contribution in [1.29, 1.82) is 0 Å². The van der Waals surface area contributed by atoms with Gasteiger partial charge >= 0.3 is 12.4 Å². The second kappa shape index (κ2) is 12.8. The Bertz CT molecular complexity index is 2740. The van der Waals surface area contributed by atoms with Crippen molar-refractivity contribution in [1.82, 2.24) is 19.9 Å². The zero-order chi connectivity index (χ0) is 38.1. The quantitative estimate of drug-likeness (QED) is 0.134. The lowest BCUT2D eigenvalue weighted by molar-refractivity contribution is -0.138. The molecule has 6 aromatic carbocycles. The zero-order valence-corrected chi connectivity index (χ0v) is 29.4. The number of hydrogen-bond acceptors (Lipinski definition) is 4. The molecule has 0 radical (unpaired) electrons. The van der Waals surface area contributed by atoms with E-state index in [0.717, 1.165) is 68.4 Å². The monoisotopic (exact) mass is 728 g/mol. The van der Waals surface area contributed by atoms with Gasteiger partial charge in [0.1, 0.15) is 0 Å². The Balaban J connectivity index is 1.42. The maximum atomic E-state index is 13.6. The number of hydrogen-bond donors (Lipinski definition) is 0. The Morgan fingerprint density at radius 2 is 0.611 bits per heavy atom. The standard InChI is InChI=1S/C44H30F6N4/c1-23-5-9-27(10-6-23)37-40(30-15-19-32(20-16-30)44(48,49)50)54-42-34-22-26(4)36-41(33(34)21-25(3)35(42)51-37)53-39(28-11-7-24(2)8-12-28)38(52-36)29-13-17-31(18-14-29)43(45,46)47/h5-22H,1-4H3. The summed E-state index contributed by atoms with van der Waals surface area (Å²) in [7, 11) is 0. The van der Waals surface area contributed by atoms with Crippen LogP contribution in [0.1, 0.15) is 33.4 Å². The van der Waals surface area contributed by atoms with Crippen LogP contribution in [-0.2, 0) is 12.4 Å². The largest absolute Gasteiger partial charge is 0.416 e. The molecule has 4 nitrogen and oxygen atoms in total. The van der Waals surface area contributed by atoms with E-state index < -0.39 is 23.5 Å². The van der Waals surface area contributed by atoms with Crippen LogP contribution in [0.4, 0.5) is 26.3 Å². The molecule has 0 aliphatic carbocycles. The van der Waals surface area contributed by atoms with Gasteiger partial charge in [-0.3, -0.25) is 0 Å². The molecule has 2 aromatic heterocycles. The molecule has 0 spiro atoms. The van der Waals surface area contributed by atoms with Crippen LogP contribution in [0.5, 0.6) is 0 Å². The first-order valence-corrected chi connectivity index (χ1v) is 17.1. The molecule has 10 heteroatoms. The van der Waals surface area contributed by atoms with E-state index in [1.165, 1.54) is 24.3 Å². The van der Waals surface area contributed by atoms with E-state index in [2.05, 4.69) is 0 Å². The van der Waals surface area contributed by atoms with Gasteiger partial charge in [-0.1, -0.05) is 83.9 Å². The summed E-state index contributed by atoms with van der Waals surface area (Å²) in [5.41, 5.74) is 8.76. The highest BCUT2D eigenvalue weighted by atomic mass is 19.4. The van der Waals surface area contributed by atoms with Crippen LogP contribution in [0.25, 0.3) is 77.9 Å². The van der Waals surface area contributed by atoms with E-state index in [1.54, 1.807) is 0 Å². The van der Waals surface area contributed by atoms with Gasteiger partial charge in [-0.25, -0.2) is 19.9 Å². The first kappa shape index (κ1) is 34.9. The van der Waals surface area contributed by atoms with Crippen LogP contribution < -0.4 is 0 Å².